The van der Waals surface area contributed by atoms with Gasteiger partial charge in [-0.15, -0.1) is 0 Å². The van der Waals surface area contributed by atoms with Gasteiger partial charge in [-0.1, -0.05) is 30.0 Å². The van der Waals surface area contributed by atoms with E-state index in [1.165, 1.54) is 0 Å². The van der Waals surface area contributed by atoms with Crippen LogP contribution >= 0.6 is 11.8 Å². The highest BCUT2D eigenvalue weighted by molar-refractivity contribution is 8.14. The van der Waals surface area contributed by atoms with Crippen molar-refractivity contribution < 1.29 is 14.3 Å². The molecule has 9 heteroatoms. The highest BCUT2D eigenvalue weighted by Gasteiger charge is 2.09. The number of nitrogens with one attached hydrogen (secondary N) is 1. The zero-order valence-electron chi connectivity index (χ0n) is 12.1. The Hall–Kier alpha value is -2.81. The molecule has 1 heterocycles. The van der Waals surface area contributed by atoms with Crippen LogP contribution in [0.15, 0.2) is 49.7 Å². The minimum Gasteiger partial charge on any atom is -0.481 e. The summed E-state index contributed by atoms with van der Waals surface area (Å²) in [5.74, 6) is 3.93. The quantitative estimate of drug-likeness (QED) is 0.251. The number of hydrazone groups is 2. The van der Waals surface area contributed by atoms with Crippen molar-refractivity contribution in [3.05, 3.63) is 46.3 Å². The predicted octanol–water partition coefficient (Wildman–Crippen LogP) is 1.15. The summed E-state index contributed by atoms with van der Waals surface area (Å²) in [4.78, 5) is 22.5. The Balaban J connectivity index is 2.22. The second-order valence-electron chi connectivity index (χ2n) is 4.41. The van der Waals surface area contributed by atoms with Gasteiger partial charge in [0, 0.05) is 5.39 Å². The number of hydrogen-bond acceptors (Lipinski definition) is 7. The SMILES string of the molecule is C/C(=N\N/C(=N/N)SCC(=O)O)c1cc2ccccc2oc1=O. The fourth-order valence-corrected chi connectivity index (χ4v) is 2.18. The van der Waals surface area contributed by atoms with E-state index in [0.717, 1.165) is 17.1 Å². The third kappa shape index (κ3) is 4.33. The summed E-state index contributed by atoms with van der Waals surface area (Å²) < 4.78 is 5.22. The lowest BCUT2D eigenvalue weighted by atomic mass is 10.1. The molecule has 23 heavy (non-hydrogen) atoms. The van der Waals surface area contributed by atoms with Crippen molar-refractivity contribution in [1.29, 1.82) is 0 Å². The van der Waals surface area contributed by atoms with Gasteiger partial charge >= 0.3 is 11.6 Å². The fraction of sp³-hybridized carbons (Fsp3) is 0.143. The number of hydrogen-bond donors (Lipinski definition) is 3. The predicted molar refractivity (Wildman–Crippen MR) is 89.5 cm³/mol. The maximum atomic E-state index is 12.0. The van der Waals surface area contributed by atoms with Crippen LogP contribution in [0.4, 0.5) is 0 Å². The Morgan fingerprint density at radius 2 is 2.17 bits per heavy atom. The number of rotatable bonds is 4. The van der Waals surface area contributed by atoms with Crippen LogP contribution in [0.1, 0.15) is 12.5 Å². The minimum atomic E-state index is -1.01. The number of thioether (sulfide) groups is 1. The number of aliphatic carboxylic acids is 1. The van der Waals surface area contributed by atoms with E-state index in [0.29, 0.717) is 11.3 Å². The van der Waals surface area contributed by atoms with E-state index in [2.05, 4.69) is 15.6 Å². The molecule has 1 aromatic heterocycles. The number of fused-ring (bicyclic) bond motifs is 1. The first-order chi connectivity index (χ1) is 11.0. The monoisotopic (exact) mass is 334 g/mol. The molecule has 2 rings (SSSR count). The van der Waals surface area contributed by atoms with E-state index in [-0.39, 0.29) is 16.5 Å². The summed E-state index contributed by atoms with van der Waals surface area (Å²) in [6.07, 6.45) is 0. The number of nitrogens with zero attached hydrogens (tertiary/aromatic N) is 2. The van der Waals surface area contributed by atoms with Crippen molar-refractivity contribution >= 4 is 39.6 Å². The average molecular weight is 334 g/mol. The summed E-state index contributed by atoms with van der Waals surface area (Å²) in [6.45, 7) is 1.62. The van der Waals surface area contributed by atoms with Gasteiger partial charge in [-0.2, -0.15) is 10.2 Å². The first-order valence-electron chi connectivity index (χ1n) is 6.47. The van der Waals surface area contributed by atoms with Crippen LogP contribution in [0, 0.1) is 0 Å². The standard InChI is InChI=1S/C14H14N4O4S/c1-8(17-18-14(16-15)23-7-12(19)20)10-6-9-4-2-3-5-11(9)22-13(10)21/h2-6H,7,15H2,1H3,(H,16,18)(H,19,20)/b17-8+. The third-order valence-corrected chi connectivity index (χ3v) is 3.66. The molecule has 0 aliphatic carbocycles. The van der Waals surface area contributed by atoms with Gasteiger partial charge in [0.25, 0.3) is 0 Å². The molecule has 2 aromatic rings. The molecule has 4 N–H and O–H groups in total. The van der Waals surface area contributed by atoms with E-state index in [1.54, 1.807) is 25.1 Å². The number of para-hydroxylation sites is 1. The molecule has 1 aromatic carbocycles. The number of carboxylic acids is 1. The highest BCUT2D eigenvalue weighted by Crippen LogP contribution is 2.13. The molecule has 0 atom stereocenters. The smallest absolute Gasteiger partial charge is 0.345 e. The van der Waals surface area contributed by atoms with Crippen LogP contribution in [0.2, 0.25) is 0 Å². The molecule has 0 saturated carbocycles. The van der Waals surface area contributed by atoms with Crippen LogP contribution in [-0.4, -0.2) is 27.7 Å². The first kappa shape index (κ1) is 16.6. The van der Waals surface area contributed by atoms with E-state index in [1.807, 2.05) is 12.1 Å². The van der Waals surface area contributed by atoms with Gasteiger partial charge in [0.05, 0.1) is 17.0 Å². The van der Waals surface area contributed by atoms with Crippen molar-refractivity contribution in [3.63, 3.8) is 0 Å². The van der Waals surface area contributed by atoms with Crippen molar-refractivity contribution in [3.8, 4) is 0 Å². The summed E-state index contributed by atoms with van der Waals surface area (Å²) in [7, 11) is 0. The molecule has 0 fully saturated rings. The van der Waals surface area contributed by atoms with Crippen molar-refractivity contribution in [2.24, 2.45) is 16.0 Å². The Morgan fingerprint density at radius 3 is 2.87 bits per heavy atom. The molecule has 0 aliphatic heterocycles. The van der Waals surface area contributed by atoms with Gasteiger partial charge in [-0.3, -0.25) is 10.2 Å². The number of carboxylic acid groups (broad SMARTS) is 1. The molecule has 0 spiro atoms. The third-order valence-electron chi connectivity index (χ3n) is 2.80. The highest BCUT2D eigenvalue weighted by atomic mass is 32.2. The molecule has 0 unspecified atom stereocenters. The first-order valence-corrected chi connectivity index (χ1v) is 7.46. The normalized spacial score (nSPS) is 12.4. The van der Waals surface area contributed by atoms with E-state index >= 15 is 0 Å². The lowest BCUT2D eigenvalue weighted by molar-refractivity contribution is -0.133. The Kier molecular flexibility index (Phi) is 5.36. The summed E-state index contributed by atoms with van der Waals surface area (Å²) in [6, 6.07) is 8.80. The lowest BCUT2D eigenvalue weighted by Gasteiger charge is -2.04. The van der Waals surface area contributed by atoms with Crippen molar-refractivity contribution in [2.75, 3.05) is 5.75 Å². The molecule has 0 saturated heterocycles. The molecule has 0 radical (unpaired) electrons. The molecule has 0 amide bonds. The largest absolute Gasteiger partial charge is 0.481 e. The van der Waals surface area contributed by atoms with Crippen LogP contribution in [0.25, 0.3) is 11.0 Å². The number of nitrogens with two attached hydrogens (primary N) is 1. The Bertz CT molecular complexity index is 844. The van der Waals surface area contributed by atoms with Gasteiger partial charge in [0.15, 0.2) is 0 Å². The van der Waals surface area contributed by atoms with Crippen LogP contribution in [-0.2, 0) is 4.79 Å². The molecule has 0 aliphatic rings. The van der Waals surface area contributed by atoms with Gasteiger partial charge in [0.2, 0.25) is 5.17 Å². The molecular formula is C14H14N4O4S. The van der Waals surface area contributed by atoms with Gasteiger partial charge < -0.3 is 15.4 Å². The summed E-state index contributed by atoms with van der Waals surface area (Å²) >= 11 is 0.879. The Morgan fingerprint density at radius 1 is 1.43 bits per heavy atom. The number of amidine groups is 1. The maximum absolute atomic E-state index is 12.0. The average Bonchev–Trinajstić information content (AvgIpc) is 2.53. The fourth-order valence-electron chi connectivity index (χ4n) is 1.73. The van der Waals surface area contributed by atoms with Gasteiger partial charge in [-0.05, 0) is 19.1 Å². The maximum Gasteiger partial charge on any atom is 0.345 e. The minimum absolute atomic E-state index is 0.122. The van der Waals surface area contributed by atoms with Crippen molar-refractivity contribution in [1.82, 2.24) is 5.43 Å². The van der Waals surface area contributed by atoms with Crippen LogP contribution in [0.3, 0.4) is 0 Å². The van der Waals surface area contributed by atoms with Gasteiger partial charge in [0.1, 0.15) is 5.58 Å². The zero-order chi connectivity index (χ0) is 16.8. The summed E-state index contributed by atoms with van der Waals surface area (Å²) in [5, 5.41) is 16.9. The number of benzene rings is 1. The number of carbonyl (C=O) groups is 1. The van der Waals surface area contributed by atoms with E-state index in [9.17, 15) is 9.59 Å². The van der Waals surface area contributed by atoms with Crippen LogP contribution < -0.4 is 16.9 Å². The lowest BCUT2D eigenvalue weighted by Crippen LogP contribution is -2.21. The molecule has 120 valence electrons. The topological polar surface area (TPSA) is 130 Å². The van der Waals surface area contributed by atoms with Crippen LogP contribution in [0.5, 0.6) is 0 Å². The second kappa shape index (κ2) is 7.45. The zero-order valence-corrected chi connectivity index (χ0v) is 13.0. The van der Waals surface area contributed by atoms with Gasteiger partial charge in [-0.25, -0.2) is 4.79 Å². The Labute approximate surface area is 135 Å². The molecule has 8 nitrogen and oxygen atoms in total. The van der Waals surface area contributed by atoms with Crippen molar-refractivity contribution in [2.45, 2.75) is 6.92 Å². The molecule has 0 bridgehead atoms. The van der Waals surface area contributed by atoms with E-state index in [4.69, 9.17) is 15.4 Å². The second-order valence-corrected chi connectivity index (χ2v) is 5.38. The molecular weight excluding hydrogens is 320 g/mol. The summed E-state index contributed by atoms with van der Waals surface area (Å²) in [5.41, 5.74) is 3.15. The van der Waals surface area contributed by atoms with E-state index < -0.39 is 11.6 Å².